The predicted octanol–water partition coefficient (Wildman–Crippen LogP) is 4.01. The molecule has 8 heteroatoms. The Morgan fingerprint density at radius 3 is 2.41 bits per heavy atom. The quantitative estimate of drug-likeness (QED) is 0.562. The minimum absolute atomic E-state index is 0.119. The summed E-state index contributed by atoms with van der Waals surface area (Å²) in [6, 6.07) is 20.4. The number of nitrogens with one attached hydrogen (secondary N) is 2. The molecule has 0 aliphatic carbocycles. The fourth-order valence-corrected chi connectivity index (χ4v) is 4.02. The van der Waals surface area contributed by atoms with E-state index in [1.807, 2.05) is 42.5 Å². The molecule has 34 heavy (non-hydrogen) atoms. The van der Waals surface area contributed by atoms with E-state index in [2.05, 4.69) is 15.6 Å². The molecule has 3 aromatic rings. The van der Waals surface area contributed by atoms with Crippen LogP contribution in [0.15, 0.2) is 72.9 Å². The van der Waals surface area contributed by atoms with Gasteiger partial charge in [0, 0.05) is 24.8 Å². The average molecular weight is 477 g/mol. The monoisotopic (exact) mass is 476 g/mol. The van der Waals surface area contributed by atoms with Crippen molar-refractivity contribution in [2.45, 2.75) is 12.8 Å². The van der Waals surface area contributed by atoms with E-state index in [0.29, 0.717) is 42.3 Å². The van der Waals surface area contributed by atoms with Gasteiger partial charge in [-0.25, -0.2) is 4.98 Å². The SMILES string of the molecule is O=C(NCC(=O)N1CCCC(C(=O)Nc2ccc(Cl)cn2)C1)c1ccc(-c2ccccc2)cc1. The number of nitrogens with zero attached hydrogens (tertiary/aromatic N) is 2. The van der Waals surface area contributed by atoms with Gasteiger partial charge in [-0.2, -0.15) is 0 Å². The number of benzene rings is 2. The number of hydrogen-bond donors (Lipinski definition) is 2. The first-order valence-corrected chi connectivity index (χ1v) is 11.5. The third-order valence-corrected chi connectivity index (χ3v) is 6.00. The van der Waals surface area contributed by atoms with Crippen LogP contribution in [0, 0.1) is 5.92 Å². The molecule has 2 N–H and O–H groups in total. The molecular formula is C26H25ClN4O3. The number of carbonyl (C=O) groups excluding carboxylic acids is 3. The van der Waals surface area contributed by atoms with Gasteiger partial charge in [0.1, 0.15) is 5.82 Å². The smallest absolute Gasteiger partial charge is 0.251 e. The normalized spacial score (nSPS) is 15.4. The molecule has 1 saturated heterocycles. The Labute approximate surface area is 203 Å². The lowest BCUT2D eigenvalue weighted by molar-refractivity contribution is -0.133. The number of anilines is 1. The molecule has 4 rings (SSSR count). The van der Waals surface area contributed by atoms with Gasteiger partial charge in [-0.1, -0.05) is 54.1 Å². The molecule has 1 aliphatic rings. The van der Waals surface area contributed by atoms with Crippen LogP contribution in [0.3, 0.4) is 0 Å². The number of likely N-dealkylation sites (tertiary alicyclic amines) is 1. The van der Waals surface area contributed by atoms with Crippen molar-refractivity contribution in [1.29, 1.82) is 0 Å². The number of halogens is 1. The maximum absolute atomic E-state index is 12.7. The first kappa shape index (κ1) is 23.4. The van der Waals surface area contributed by atoms with Crippen LogP contribution in [0.5, 0.6) is 0 Å². The Bertz CT molecular complexity index is 1150. The van der Waals surface area contributed by atoms with Crippen molar-refractivity contribution in [3.05, 3.63) is 83.5 Å². The molecule has 0 saturated carbocycles. The van der Waals surface area contributed by atoms with Crippen LogP contribution in [-0.4, -0.2) is 47.2 Å². The zero-order valence-electron chi connectivity index (χ0n) is 18.5. The van der Waals surface area contributed by atoms with Gasteiger partial charge in [-0.05, 0) is 48.2 Å². The highest BCUT2D eigenvalue weighted by Crippen LogP contribution is 2.20. The highest BCUT2D eigenvalue weighted by atomic mass is 35.5. The molecule has 1 atom stereocenters. The first-order chi connectivity index (χ1) is 16.5. The number of pyridine rings is 1. The molecule has 7 nitrogen and oxygen atoms in total. The van der Waals surface area contributed by atoms with Gasteiger partial charge in [-0.15, -0.1) is 0 Å². The Hall–Kier alpha value is -3.71. The maximum atomic E-state index is 12.7. The topological polar surface area (TPSA) is 91.4 Å². The van der Waals surface area contributed by atoms with Gasteiger partial charge in [0.05, 0.1) is 17.5 Å². The van der Waals surface area contributed by atoms with Crippen LogP contribution >= 0.6 is 11.6 Å². The number of amides is 3. The Kier molecular flexibility index (Phi) is 7.54. The summed E-state index contributed by atoms with van der Waals surface area (Å²) in [6.07, 6.45) is 2.86. The summed E-state index contributed by atoms with van der Waals surface area (Å²) in [5.74, 6) is -0.626. The van der Waals surface area contributed by atoms with Gasteiger partial charge in [0.25, 0.3) is 5.91 Å². The second-order valence-corrected chi connectivity index (χ2v) is 8.59. The van der Waals surface area contributed by atoms with Gasteiger partial charge in [0.15, 0.2) is 0 Å². The van der Waals surface area contributed by atoms with E-state index in [-0.39, 0.29) is 30.2 Å². The van der Waals surface area contributed by atoms with Gasteiger partial charge in [0.2, 0.25) is 11.8 Å². The molecule has 2 heterocycles. The average Bonchev–Trinajstić information content (AvgIpc) is 2.89. The van der Waals surface area contributed by atoms with Crippen molar-refractivity contribution in [2.75, 3.05) is 25.0 Å². The molecule has 0 bridgehead atoms. The second-order valence-electron chi connectivity index (χ2n) is 8.16. The summed E-state index contributed by atoms with van der Waals surface area (Å²) in [4.78, 5) is 43.5. The molecule has 1 aromatic heterocycles. The fraction of sp³-hybridized carbons (Fsp3) is 0.231. The third kappa shape index (κ3) is 5.99. The molecule has 0 radical (unpaired) electrons. The lowest BCUT2D eigenvalue weighted by Crippen LogP contribution is -2.47. The minimum Gasteiger partial charge on any atom is -0.343 e. The van der Waals surface area contributed by atoms with Gasteiger partial charge < -0.3 is 15.5 Å². The summed E-state index contributed by atoms with van der Waals surface area (Å²) in [5.41, 5.74) is 2.57. The summed E-state index contributed by atoms with van der Waals surface area (Å²) in [7, 11) is 0. The number of rotatable bonds is 6. The zero-order valence-corrected chi connectivity index (χ0v) is 19.3. The van der Waals surface area contributed by atoms with Crippen molar-refractivity contribution in [3.63, 3.8) is 0 Å². The summed E-state index contributed by atoms with van der Waals surface area (Å²) >= 11 is 5.82. The van der Waals surface area contributed by atoms with E-state index < -0.39 is 0 Å². The molecule has 1 fully saturated rings. The zero-order chi connectivity index (χ0) is 23.9. The number of piperidine rings is 1. The third-order valence-electron chi connectivity index (χ3n) is 5.78. The van der Waals surface area contributed by atoms with E-state index >= 15 is 0 Å². The van der Waals surface area contributed by atoms with Crippen LogP contribution in [0.2, 0.25) is 5.02 Å². The van der Waals surface area contributed by atoms with Crippen molar-refractivity contribution in [3.8, 4) is 11.1 Å². The largest absolute Gasteiger partial charge is 0.343 e. The molecule has 1 aliphatic heterocycles. The standard InChI is InChI=1S/C26H25ClN4O3/c27-22-12-13-23(28-15-22)30-26(34)21-7-4-14-31(17-21)24(32)16-29-25(33)20-10-8-19(9-11-20)18-5-2-1-3-6-18/h1-3,5-6,8-13,15,21H,4,7,14,16-17H2,(H,29,33)(H,28,30,34). The summed E-state index contributed by atoms with van der Waals surface area (Å²) in [5, 5.41) is 5.95. The van der Waals surface area contributed by atoms with Crippen LogP contribution in [0.4, 0.5) is 5.82 Å². The Balaban J connectivity index is 1.28. The second kappa shape index (κ2) is 10.9. The van der Waals surface area contributed by atoms with E-state index in [1.54, 1.807) is 29.2 Å². The van der Waals surface area contributed by atoms with Gasteiger partial charge >= 0.3 is 0 Å². The van der Waals surface area contributed by atoms with Crippen LogP contribution in [0.25, 0.3) is 11.1 Å². The number of carbonyl (C=O) groups is 3. The van der Waals surface area contributed by atoms with Crippen molar-refractivity contribution < 1.29 is 14.4 Å². The van der Waals surface area contributed by atoms with E-state index in [1.165, 1.54) is 6.20 Å². The van der Waals surface area contributed by atoms with E-state index in [0.717, 1.165) is 11.1 Å². The Morgan fingerprint density at radius 2 is 1.71 bits per heavy atom. The summed E-state index contributed by atoms with van der Waals surface area (Å²) < 4.78 is 0. The van der Waals surface area contributed by atoms with Crippen LogP contribution < -0.4 is 10.6 Å². The highest BCUT2D eigenvalue weighted by Gasteiger charge is 2.28. The van der Waals surface area contributed by atoms with E-state index in [4.69, 9.17) is 11.6 Å². The molecule has 0 spiro atoms. The highest BCUT2D eigenvalue weighted by molar-refractivity contribution is 6.30. The Morgan fingerprint density at radius 1 is 0.971 bits per heavy atom. The molecule has 3 amide bonds. The number of hydrogen-bond acceptors (Lipinski definition) is 4. The van der Waals surface area contributed by atoms with Crippen molar-refractivity contribution in [2.24, 2.45) is 5.92 Å². The lowest BCUT2D eigenvalue weighted by atomic mass is 9.97. The lowest BCUT2D eigenvalue weighted by Gasteiger charge is -2.32. The van der Waals surface area contributed by atoms with Crippen molar-refractivity contribution >= 4 is 35.1 Å². The van der Waals surface area contributed by atoms with E-state index in [9.17, 15) is 14.4 Å². The van der Waals surface area contributed by atoms with Crippen molar-refractivity contribution in [1.82, 2.24) is 15.2 Å². The minimum atomic E-state index is -0.337. The van der Waals surface area contributed by atoms with Gasteiger partial charge in [-0.3, -0.25) is 14.4 Å². The first-order valence-electron chi connectivity index (χ1n) is 11.1. The maximum Gasteiger partial charge on any atom is 0.251 e. The molecule has 174 valence electrons. The number of aromatic nitrogens is 1. The molecule has 1 unspecified atom stereocenters. The van der Waals surface area contributed by atoms with Crippen LogP contribution in [-0.2, 0) is 9.59 Å². The molecule has 2 aromatic carbocycles. The van der Waals surface area contributed by atoms with Crippen LogP contribution in [0.1, 0.15) is 23.2 Å². The molecular weight excluding hydrogens is 452 g/mol. The summed E-state index contributed by atoms with van der Waals surface area (Å²) in [6.45, 7) is 0.746. The predicted molar refractivity (Wildman–Crippen MR) is 131 cm³/mol. The fourth-order valence-electron chi connectivity index (χ4n) is 3.91.